The van der Waals surface area contributed by atoms with Crippen LogP contribution in [0.15, 0.2) is 10.1 Å². The maximum atomic E-state index is 5.85. The summed E-state index contributed by atoms with van der Waals surface area (Å²) in [5, 5.41) is 1.91. The summed E-state index contributed by atoms with van der Waals surface area (Å²) < 4.78 is 5.36. The van der Waals surface area contributed by atoms with Gasteiger partial charge in [0, 0.05) is 13.1 Å². The van der Waals surface area contributed by atoms with Gasteiger partial charge in [-0.2, -0.15) is 0 Å². The molecule has 0 atom stereocenters. The highest BCUT2D eigenvalue weighted by molar-refractivity contribution is 7.83. The number of aromatic nitrogens is 2. The highest BCUT2D eigenvalue weighted by Crippen LogP contribution is 2.24. The topological polar surface area (TPSA) is 9.86 Å². The zero-order chi connectivity index (χ0) is 31.9. The second kappa shape index (κ2) is 31.7. The number of thiol groups is 2. The second-order valence-corrected chi connectivity index (χ2v) is 15.1. The third-order valence-corrected chi connectivity index (χ3v) is 11.2. The summed E-state index contributed by atoms with van der Waals surface area (Å²) in [6, 6.07) is 0. The lowest BCUT2D eigenvalue weighted by atomic mass is 10.0. The Morgan fingerprint density at radius 2 is 0.523 bits per heavy atom. The molecular formula is C39H76N2S3. The Bertz CT molecular complexity index is 738. The molecule has 0 saturated heterocycles. The molecule has 1 heterocycles. The van der Waals surface area contributed by atoms with E-state index in [4.69, 9.17) is 37.5 Å². The maximum absolute atomic E-state index is 5.85. The van der Waals surface area contributed by atoms with Crippen LogP contribution in [0.2, 0.25) is 0 Å². The molecule has 0 saturated carbocycles. The van der Waals surface area contributed by atoms with Crippen molar-refractivity contribution in [1.82, 2.24) is 9.13 Å². The van der Waals surface area contributed by atoms with Gasteiger partial charge in [0.25, 0.3) is 0 Å². The zero-order valence-electron chi connectivity index (χ0n) is 29.7. The van der Waals surface area contributed by atoms with Crippen molar-refractivity contribution < 1.29 is 0 Å². The minimum atomic E-state index is 0.918. The lowest BCUT2D eigenvalue weighted by Gasteiger charge is -2.07. The molecule has 0 fully saturated rings. The number of nitrogens with zero attached hydrogens (tertiary/aromatic N) is 2. The molecule has 260 valence electrons. The van der Waals surface area contributed by atoms with Crippen LogP contribution >= 0.6 is 37.5 Å². The maximum Gasteiger partial charge on any atom is 0.181 e. The molecule has 0 aromatic carbocycles. The third-order valence-electron chi connectivity index (χ3n) is 9.64. The Morgan fingerprint density at radius 1 is 0.341 bits per heavy atom. The molecule has 0 aliphatic rings. The average molecular weight is 669 g/mol. The predicted octanol–water partition coefficient (Wildman–Crippen LogP) is 15.1. The van der Waals surface area contributed by atoms with Crippen molar-refractivity contribution in [3.8, 4) is 0 Å². The van der Waals surface area contributed by atoms with Crippen molar-refractivity contribution in [2.45, 2.75) is 242 Å². The Morgan fingerprint density at radius 3 is 0.727 bits per heavy atom. The van der Waals surface area contributed by atoms with Crippen molar-refractivity contribution in [3.05, 3.63) is 4.77 Å². The van der Waals surface area contributed by atoms with Crippen molar-refractivity contribution in [3.63, 3.8) is 0 Å². The van der Waals surface area contributed by atoms with Crippen molar-refractivity contribution in [2.24, 2.45) is 0 Å². The summed E-state index contributed by atoms with van der Waals surface area (Å²) in [5.74, 6) is 0. The fraction of sp³-hybridized carbons (Fsp3) is 0.923. The van der Waals surface area contributed by atoms with Crippen molar-refractivity contribution >= 4 is 37.5 Å². The van der Waals surface area contributed by atoms with Gasteiger partial charge in [-0.1, -0.05) is 206 Å². The van der Waals surface area contributed by atoms with Crippen LogP contribution in [0.1, 0.15) is 219 Å². The molecule has 0 radical (unpaired) electrons. The normalized spacial score (nSPS) is 11.6. The van der Waals surface area contributed by atoms with Crippen molar-refractivity contribution in [2.75, 3.05) is 0 Å². The Kier molecular flexibility index (Phi) is 30.4. The second-order valence-electron chi connectivity index (χ2n) is 13.8. The van der Waals surface area contributed by atoms with E-state index in [2.05, 4.69) is 23.0 Å². The summed E-state index contributed by atoms with van der Waals surface area (Å²) in [5.41, 5.74) is 0. The summed E-state index contributed by atoms with van der Waals surface area (Å²) >= 11 is 15.4. The highest BCUT2D eigenvalue weighted by atomic mass is 32.1. The lowest BCUT2D eigenvalue weighted by Crippen LogP contribution is -2.03. The molecule has 1 aromatic heterocycles. The smallest absolute Gasteiger partial charge is 0.181 e. The van der Waals surface area contributed by atoms with E-state index >= 15 is 0 Å². The summed E-state index contributed by atoms with van der Waals surface area (Å²) in [7, 11) is 0. The van der Waals surface area contributed by atoms with Crippen LogP contribution in [0, 0.1) is 4.77 Å². The largest absolute Gasteiger partial charge is 0.311 e. The van der Waals surface area contributed by atoms with Crippen LogP contribution in [0.25, 0.3) is 0 Å². The Balaban J connectivity index is 1.99. The minimum Gasteiger partial charge on any atom is -0.311 e. The molecular weight excluding hydrogens is 593 g/mol. The van der Waals surface area contributed by atoms with E-state index in [0.717, 1.165) is 27.9 Å². The standard InChI is InChI=1S/C39H76N2S3/c1-3-5-7-9-11-13-15-17-19-21-23-25-27-29-31-33-35-40-37(42)38(43)41(39(40)44)36-34-32-30-28-26-24-22-20-18-16-14-12-10-8-6-4-2/h42-43H,3-36H2,1-2H3. The Hall–Kier alpha value is 0.130. The zero-order valence-corrected chi connectivity index (χ0v) is 32.3. The van der Waals surface area contributed by atoms with Crippen LogP contribution in [0.3, 0.4) is 0 Å². The fourth-order valence-electron chi connectivity index (χ4n) is 6.61. The van der Waals surface area contributed by atoms with Crippen LogP contribution in [0.5, 0.6) is 0 Å². The quantitative estimate of drug-likeness (QED) is 0.0422. The van der Waals surface area contributed by atoms with Crippen LogP contribution in [-0.4, -0.2) is 9.13 Å². The third kappa shape index (κ3) is 22.6. The summed E-state index contributed by atoms with van der Waals surface area (Å²) in [4.78, 5) is 0. The van der Waals surface area contributed by atoms with Gasteiger partial charge in [0.1, 0.15) is 10.1 Å². The number of unbranched alkanes of at least 4 members (excludes halogenated alkanes) is 30. The van der Waals surface area contributed by atoms with E-state index in [1.54, 1.807) is 0 Å². The molecule has 0 bridgehead atoms. The molecule has 0 amide bonds. The number of rotatable bonds is 34. The van der Waals surface area contributed by atoms with Gasteiger partial charge >= 0.3 is 0 Å². The van der Waals surface area contributed by atoms with Gasteiger partial charge in [-0.3, -0.25) is 0 Å². The predicted molar refractivity (Wildman–Crippen MR) is 207 cm³/mol. The molecule has 44 heavy (non-hydrogen) atoms. The SMILES string of the molecule is CCCCCCCCCCCCCCCCCCn1c(S)c(S)n(CCCCCCCCCCCCCCCCCC)c1=S. The molecule has 0 spiro atoms. The molecule has 0 unspecified atom stereocenters. The minimum absolute atomic E-state index is 0.918. The van der Waals surface area contributed by atoms with E-state index in [1.807, 2.05) is 0 Å². The Labute approximate surface area is 292 Å². The molecule has 5 heteroatoms. The molecule has 0 N–H and O–H groups in total. The first-order valence-electron chi connectivity index (χ1n) is 19.8. The molecule has 1 aromatic rings. The first-order chi connectivity index (χ1) is 21.6. The van der Waals surface area contributed by atoms with E-state index in [1.165, 1.54) is 205 Å². The van der Waals surface area contributed by atoms with Gasteiger partial charge in [-0.15, -0.1) is 25.3 Å². The van der Waals surface area contributed by atoms with E-state index in [-0.39, 0.29) is 0 Å². The molecule has 0 aliphatic heterocycles. The number of imidazole rings is 1. The average Bonchev–Trinajstić information content (AvgIpc) is 3.22. The summed E-state index contributed by atoms with van der Waals surface area (Å²) in [6.45, 7) is 6.56. The van der Waals surface area contributed by atoms with E-state index in [0.29, 0.717) is 0 Å². The van der Waals surface area contributed by atoms with Gasteiger partial charge in [-0.25, -0.2) is 0 Å². The molecule has 2 nitrogen and oxygen atoms in total. The molecule has 1 rings (SSSR count). The first-order valence-corrected chi connectivity index (χ1v) is 21.1. The van der Waals surface area contributed by atoms with Gasteiger partial charge in [0.2, 0.25) is 0 Å². The first kappa shape index (κ1) is 42.2. The van der Waals surface area contributed by atoms with E-state index < -0.39 is 0 Å². The van der Waals surface area contributed by atoms with Gasteiger partial charge in [0.15, 0.2) is 4.77 Å². The van der Waals surface area contributed by atoms with Crippen molar-refractivity contribution in [1.29, 1.82) is 0 Å². The van der Waals surface area contributed by atoms with Gasteiger partial charge < -0.3 is 9.13 Å². The summed E-state index contributed by atoms with van der Waals surface area (Å²) in [6.07, 6.45) is 44.9. The van der Waals surface area contributed by atoms with Crippen LogP contribution in [0.4, 0.5) is 0 Å². The monoisotopic (exact) mass is 669 g/mol. The highest BCUT2D eigenvalue weighted by Gasteiger charge is 2.12. The van der Waals surface area contributed by atoms with Gasteiger partial charge in [-0.05, 0) is 25.1 Å². The number of hydrogen-bond acceptors (Lipinski definition) is 3. The lowest BCUT2D eigenvalue weighted by molar-refractivity contribution is 0.505. The fourth-order valence-corrected chi connectivity index (χ4v) is 7.74. The van der Waals surface area contributed by atoms with Crippen LogP contribution < -0.4 is 0 Å². The number of hydrogen-bond donors (Lipinski definition) is 2. The molecule has 0 aliphatic carbocycles. The van der Waals surface area contributed by atoms with Gasteiger partial charge in [0.05, 0.1) is 0 Å². The van der Waals surface area contributed by atoms with Crippen LogP contribution in [-0.2, 0) is 13.1 Å². The van der Waals surface area contributed by atoms with E-state index in [9.17, 15) is 0 Å².